The van der Waals surface area contributed by atoms with E-state index in [0.29, 0.717) is 16.3 Å². The van der Waals surface area contributed by atoms with E-state index in [1.54, 1.807) is 36.4 Å². The molecule has 4 rings (SSSR count). The predicted octanol–water partition coefficient (Wildman–Crippen LogP) is 6.41. The van der Waals surface area contributed by atoms with E-state index in [1.165, 1.54) is 16.2 Å². The highest BCUT2D eigenvalue weighted by Gasteiger charge is 2.48. The number of carbonyl (C=O) groups excluding carboxylic acids is 2. The molecule has 2 heterocycles. The number of aliphatic hydroxyl groups is 1. The number of carbonyl (C=O) groups is 2. The van der Waals surface area contributed by atoms with E-state index in [4.69, 9.17) is 11.6 Å². The first-order valence-corrected chi connectivity index (χ1v) is 11.2. The number of hydrogen-bond donors (Lipinski definition) is 1. The fraction of sp³-hybridized carbons (Fsp3) is 0.130. The summed E-state index contributed by atoms with van der Waals surface area (Å²) in [6, 6.07) is 13.3. The van der Waals surface area contributed by atoms with Gasteiger partial charge in [-0.25, -0.2) is 0 Å². The first-order chi connectivity index (χ1) is 14.3. The molecular weight excluding hydrogens is 486 g/mol. The molecule has 3 aromatic rings. The minimum absolute atomic E-state index is 0.0762. The Kier molecular flexibility index (Phi) is 5.57. The van der Waals surface area contributed by atoms with Gasteiger partial charge in [-0.05, 0) is 66.8 Å². The standard InChI is InChI=1S/C23H17BrClNO3S/c1-12-8-9-30-22(12)19-18(20(27)14-6-7-17(24)13(2)10-14)21(28)23(29)26(19)16-5-3-4-15(25)11-16/h3-11,19,27H,1-2H3/b20-18-. The van der Waals surface area contributed by atoms with E-state index in [-0.39, 0.29) is 11.3 Å². The lowest BCUT2D eigenvalue weighted by Crippen LogP contribution is -2.29. The van der Waals surface area contributed by atoms with Crippen LogP contribution in [0, 0.1) is 13.8 Å². The number of amides is 1. The lowest BCUT2D eigenvalue weighted by Gasteiger charge is -2.25. The molecule has 1 aliphatic heterocycles. The van der Waals surface area contributed by atoms with Gasteiger partial charge in [0.15, 0.2) is 0 Å². The molecule has 1 fully saturated rings. The van der Waals surface area contributed by atoms with Crippen LogP contribution >= 0.6 is 38.9 Å². The lowest BCUT2D eigenvalue weighted by molar-refractivity contribution is -0.132. The molecule has 152 valence electrons. The molecule has 1 unspecified atom stereocenters. The lowest BCUT2D eigenvalue weighted by atomic mass is 9.97. The third-order valence-electron chi connectivity index (χ3n) is 5.11. The zero-order chi connectivity index (χ0) is 21.6. The molecular formula is C23H17BrClNO3S. The van der Waals surface area contributed by atoms with Crippen LogP contribution in [-0.2, 0) is 9.59 Å². The summed E-state index contributed by atoms with van der Waals surface area (Å²) >= 11 is 11.0. The van der Waals surface area contributed by atoms with Crippen LogP contribution in [0.4, 0.5) is 5.69 Å². The fourth-order valence-corrected chi connectivity index (χ4v) is 5.04. The second-order valence-electron chi connectivity index (χ2n) is 7.08. The van der Waals surface area contributed by atoms with Gasteiger partial charge in [-0.3, -0.25) is 14.5 Å². The van der Waals surface area contributed by atoms with E-state index in [1.807, 2.05) is 31.4 Å². The molecule has 1 amide bonds. The van der Waals surface area contributed by atoms with Crippen LogP contribution < -0.4 is 4.90 Å². The fourth-order valence-electron chi connectivity index (χ4n) is 3.58. The number of halogens is 2. The first kappa shape index (κ1) is 20.8. The molecule has 0 radical (unpaired) electrons. The van der Waals surface area contributed by atoms with Gasteiger partial charge in [0.2, 0.25) is 0 Å². The van der Waals surface area contributed by atoms with Crippen LogP contribution in [0.2, 0.25) is 5.02 Å². The summed E-state index contributed by atoms with van der Waals surface area (Å²) in [7, 11) is 0. The molecule has 4 nitrogen and oxygen atoms in total. The van der Waals surface area contributed by atoms with Gasteiger partial charge in [-0.2, -0.15) is 0 Å². The quantitative estimate of drug-likeness (QED) is 0.256. The molecule has 1 aromatic heterocycles. The Morgan fingerprint density at radius 3 is 2.50 bits per heavy atom. The van der Waals surface area contributed by atoms with E-state index < -0.39 is 17.7 Å². The highest BCUT2D eigenvalue weighted by molar-refractivity contribution is 9.10. The second kappa shape index (κ2) is 8.02. The van der Waals surface area contributed by atoms with E-state index in [9.17, 15) is 14.7 Å². The molecule has 1 saturated heterocycles. The molecule has 0 aliphatic carbocycles. The SMILES string of the molecule is Cc1cc(/C(O)=C2/C(=O)C(=O)N(c3cccc(Cl)c3)C2c2sccc2C)ccc1Br. The number of ketones is 1. The van der Waals surface area contributed by atoms with Crippen LogP contribution in [0.3, 0.4) is 0 Å². The van der Waals surface area contributed by atoms with Crippen LogP contribution in [0.5, 0.6) is 0 Å². The molecule has 7 heteroatoms. The van der Waals surface area contributed by atoms with E-state index in [0.717, 1.165) is 20.5 Å². The number of benzene rings is 2. The van der Waals surface area contributed by atoms with Crippen molar-refractivity contribution in [3.8, 4) is 0 Å². The molecule has 2 aromatic carbocycles. The van der Waals surface area contributed by atoms with Gasteiger partial charge in [-0.15, -0.1) is 11.3 Å². The summed E-state index contributed by atoms with van der Waals surface area (Å²) in [4.78, 5) is 28.4. The summed E-state index contributed by atoms with van der Waals surface area (Å²) < 4.78 is 0.893. The number of rotatable bonds is 3. The summed E-state index contributed by atoms with van der Waals surface area (Å²) in [6.45, 7) is 3.82. The highest BCUT2D eigenvalue weighted by atomic mass is 79.9. The smallest absolute Gasteiger partial charge is 0.300 e. The Labute approximate surface area is 191 Å². The average Bonchev–Trinajstić information content (AvgIpc) is 3.24. The molecule has 0 bridgehead atoms. The van der Waals surface area contributed by atoms with Crippen molar-refractivity contribution in [2.75, 3.05) is 4.90 Å². The molecule has 30 heavy (non-hydrogen) atoms. The number of aryl methyl sites for hydroxylation is 2. The van der Waals surface area contributed by atoms with E-state index in [2.05, 4.69) is 15.9 Å². The number of Topliss-reactive ketones (excluding diaryl/α,β-unsaturated/α-hetero) is 1. The Bertz CT molecular complexity index is 1220. The van der Waals surface area contributed by atoms with Crippen LogP contribution in [0.15, 0.2) is 64.0 Å². The van der Waals surface area contributed by atoms with Crippen molar-refractivity contribution in [3.05, 3.63) is 90.5 Å². The Morgan fingerprint density at radius 2 is 1.87 bits per heavy atom. The number of aliphatic hydroxyl groups excluding tert-OH is 1. The zero-order valence-corrected chi connectivity index (χ0v) is 19.3. The summed E-state index contributed by atoms with van der Waals surface area (Å²) in [6.07, 6.45) is 0. The predicted molar refractivity (Wildman–Crippen MR) is 124 cm³/mol. The van der Waals surface area contributed by atoms with Crippen molar-refractivity contribution in [2.24, 2.45) is 0 Å². The number of anilines is 1. The normalized spacial score (nSPS) is 18.3. The third kappa shape index (κ3) is 3.49. The largest absolute Gasteiger partial charge is 0.507 e. The van der Waals surface area contributed by atoms with Crippen molar-refractivity contribution in [1.82, 2.24) is 0 Å². The molecule has 0 spiro atoms. The van der Waals surface area contributed by atoms with Crippen LogP contribution in [0.1, 0.15) is 27.6 Å². The number of nitrogens with zero attached hydrogens (tertiary/aromatic N) is 1. The van der Waals surface area contributed by atoms with Crippen molar-refractivity contribution in [3.63, 3.8) is 0 Å². The van der Waals surface area contributed by atoms with Gasteiger partial charge in [0.05, 0.1) is 5.57 Å². The maximum absolute atomic E-state index is 13.1. The molecule has 1 N–H and O–H groups in total. The van der Waals surface area contributed by atoms with Gasteiger partial charge >= 0.3 is 0 Å². The molecule has 0 saturated carbocycles. The summed E-state index contributed by atoms with van der Waals surface area (Å²) in [5.41, 5.74) is 2.92. The van der Waals surface area contributed by atoms with Crippen LogP contribution in [0.25, 0.3) is 5.76 Å². The first-order valence-electron chi connectivity index (χ1n) is 9.16. The molecule has 1 atom stereocenters. The number of thiophene rings is 1. The Balaban J connectivity index is 1.97. The zero-order valence-electron chi connectivity index (χ0n) is 16.1. The van der Waals surface area contributed by atoms with Crippen molar-refractivity contribution in [1.29, 1.82) is 0 Å². The van der Waals surface area contributed by atoms with Gasteiger partial charge in [0.25, 0.3) is 11.7 Å². The summed E-state index contributed by atoms with van der Waals surface area (Å²) in [5, 5.41) is 13.5. The Morgan fingerprint density at radius 1 is 1.10 bits per heavy atom. The van der Waals surface area contributed by atoms with Gasteiger partial charge in [0, 0.05) is 25.6 Å². The van der Waals surface area contributed by atoms with Gasteiger partial charge in [0.1, 0.15) is 11.8 Å². The minimum atomic E-state index is -0.729. The summed E-state index contributed by atoms with van der Waals surface area (Å²) in [5.74, 6) is -1.59. The highest BCUT2D eigenvalue weighted by Crippen LogP contribution is 2.45. The minimum Gasteiger partial charge on any atom is -0.507 e. The second-order valence-corrected chi connectivity index (χ2v) is 9.32. The molecule has 1 aliphatic rings. The van der Waals surface area contributed by atoms with Crippen molar-refractivity contribution in [2.45, 2.75) is 19.9 Å². The number of hydrogen-bond acceptors (Lipinski definition) is 4. The van der Waals surface area contributed by atoms with Crippen molar-refractivity contribution >= 4 is 62.0 Å². The van der Waals surface area contributed by atoms with Gasteiger partial charge < -0.3 is 5.11 Å². The Hall–Kier alpha value is -2.41. The monoisotopic (exact) mass is 501 g/mol. The van der Waals surface area contributed by atoms with Crippen LogP contribution in [-0.4, -0.2) is 16.8 Å². The van der Waals surface area contributed by atoms with E-state index >= 15 is 0 Å². The van der Waals surface area contributed by atoms with Gasteiger partial charge in [-0.1, -0.05) is 39.7 Å². The topological polar surface area (TPSA) is 57.6 Å². The third-order valence-corrected chi connectivity index (χ3v) is 7.31. The maximum Gasteiger partial charge on any atom is 0.300 e. The average molecular weight is 503 g/mol. The van der Waals surface area contributed by atoms with Crippen molar-refractivity contribution < 1.29 is 14.7 Å². The maximum atomic E-state index is 13.1.